The molecule has 0 spiro atoms. The van der Waals surface area contributed by atoms with E-state index in [2.05, 4.69) is 21.4 Å². The number of benzene rings is 1. The van der Waals surface area contributed by atoms with Gasteiger partial charge in [-0.1, -0.05) is 12.1 Å². The predicted molar refractivity (Wildman–Crippen MR) is 56.2 cm³/mol. The summed E-state index contributed by atoms with van der Waals surface area (Å²) in [5, 5.41) is 4.52. The quantitative estimate of drug-likeness (QED) is 0.779. The minimum absolute atomic E-state index is 0.633. The molecule has 14 heavy (non-hydrogen) atoms. The van der Waals surface area contributed by atoms with Crippen LogP contribution in [0, 0.1) is 0 Å². The van der Waals surface area contributed by atoms with Crippen molar-refractivity contribution in [2.75, 3.05) is 5.32 Å². The SMILES string of the molecule is c1ccc2c(NC3CC3)ncnc2c1. The molecule has 1 aromatic carbocycles. The standard InChI is InChI=1S/C11H11N3/c1-2-4-10-9(3-1)11(13-7-12-10)14-8-5-6-8/h1-4,7-8H,5-6H2,(H,12,13,14). The lowest BCUT2D eigenvalue weighted by atomic mass is 10.2. The van der Waals surface area contributed by atoms with E-state index in [0.717, 1.165) is 16.7 Å². The molecule has 0 amide bonds. The highest BCUT2D eigenvalue weighted by molar-refractivity contribution is 5.88. The second kappa shape index (κ2) is 2.94. The van der Waals surface area contributed by atoms with E-state index in [9.17, 15) is 0 Å². The van der Waals surface area contributed by atoms with Crippen LogP contribution in [0.15, 0.2) is 30.6 Å². The second-order valence-electron chi connectivity index (χ2n) is 3.66. The van der Waals surface area contributed by atoms with Gasteiger partial charge in [0.05, 0.1) is 5.52 Å². The first-order valence-corrected chi connectivity index (χ1v) is 4.90. The number of fused-ring (bicyclic) bond motifs is 1. The summed E-state index contributed by atoms with van der Waals surface area (Å²) < 4.78 is 0. The Labute approximate surface area is 82.2 Å². The molecule has 1 N–H and O–H groups in total. The zero-order valence-corrected chi connectivity index (χ0v) is 7.77. The van der Waals surface area contributed by atoms with Crippen molar-refractivity contribution in [2.45, 2.75) is 18.9 Å². The van der Waals surface area contributed by atoms with Crippen LogP contribution in [0.1, 0.15) is 12.8 Å². The van der Waals surface area contributed by atoms with Gasteiger partial charge in [0.25, 0.3) is 0 Å². The fourth-order valence-electron chi connectivity index (χ4n) is 1.54. The van der Waals surface area contributed by atoms with Crippen LogP contribution < -0.4 is 5.32 Å². The van der Waals surface area contributed by atoms with Crippen molar-refractivity contribution in [2.24, 2.45) is 0 Å². The highest BCUT2D eigenvalue weighted by atomic mass is 15.1. The Bertz CT molecular complexity index is 458. The van der Waals surface area contributed by atoms with Crippen LogP contribution in [-0.4, -0.2) is 16.0 Å². The summed E-state index contributed by atoms with van der Waals surface area (Å²) in [6, 6.07) is 8.71. The lowest BCUT2D eigenvalue weighted by Gasteiger charge is -2.05. The predicted octanol–water partition coefficient (Wildman–Crippen LogP) is 2.20. The number of rotatable bonds is 2. The Morgan fingerprint density at radius 2 is 2.00 bits per heavy atom. The zero-order chi connectivity index (χ0) is 9.38. The molecule has 0 atom stereocenters. The minimum atomic E-state index is 0.633. The van der Waals surface area contributed by atoms with Crippen molar-refractivity contribution in [1.29, 1.82) is 0 Å². The Kier molecular flexibility index (Phi) is 1.63. The van der Waals surface area contributed by atoms with Gasteiger partial charge in [-0.05, 0) is 25.0 Å². The average Bonchev–Trinajstić information content (AvgIpc) is 3.03. The maximum Gasteiger partial charge on any atom is 0.137 e. The van der Waals surface area contributed by atoms with Gasteiger partial charge in [-0.2, -0.15) is 0 Å². The van der Waals surface area contributed by atoms with Gasteiger partial charge in [0.2, 0.25) is 0 Å². The molecular weight excluding hydrogens is 174 g/mol. The monoisotopic (exact) mass is 185 g/mol. The largest absolute Gasteiger partial charge is 0.367 e. The molecular formula is C11H11N3. The van der Waals surface area contributed by atoms with Crippen LogP contribution in [0.3, 0.4) is 0 Å². The highest BCUT2D eigenvalue weighted by Crippen LogP contribution is 2.26. The fourth-order valence-corrected chi connectivity index (χ4v) is 1.54. The summed E-state index contributed by atoms with van der Waals surface area (Å²) in [5.74, 6) is 0.970. The molecule has 1 heterocycles. The summed E-state index contributed by atoms with van der Waals surface area (Å²) in [6.45, 7) is 0. The minimum Gasteiger partial charge on any atom is -0.367 e. The summed E-state index contributed by atoms with van der Waals surface area (Å²) in [7, 11) is 0. The van der Waals surface area contributed by atoms with E-state index in [0.29, 0.717) is 6.04 Å². The summed E-state index contributed by atoms with van der Waals surface area (Å²) in [5.41, 5.74) is 1.01. The fraction of sp³-hybridized carbons (Fsp3) is 0.273. The van der Waals surface area contributed by atoms with Gasteiger partial charge >= 0.3 is 0 Å². The Morgan fingerprint density at radius 3 is 2.86 bits per heavy atom. The van der Waals surface area contributed by atoms with Crippen LogP contribution >= 0.6 is 0 Å². The number of aromatic nitrogens is 2. The zero-order valence-electron chi connectivity index (χ0n) is 7.77. The first-order valence-electron chi connectivity index (χ1n) is 4.90. The van der Waals surface area contributed by atoms with E-state index in [4.69, 9.17) is 0 Å². The molecule has 0 aliphatic heterocycles. The number of hydrogen-bond donors (Lipinski definition) is 1. The normalized spacial score (nSPS) is 15.7. The van der Waals surface area contributed by atoms with Gasteiger partial charge in [0.1, 0.15) is 12.1 Å². The molecule has 0 bridgehead atoms. The van der Waals surface area contributed by atoms with Gasteiger partial charge in [0, 0.05) is 11.4 Å². The van der Waals surface area contributed by atoms with Gasteiger partial charge in [-0.25, -0.2) is 9.97 Å². The summed E-state index contributed by atoms with van der Waals surface area (Å²) in [6.07, 6.45) is 4.14. The first kappa shape index (κ1) is 7.74. The maximum absolute atomic E-state index is 4.26. The first-order chi connectivity index (χ1) is 6.93. The summed E-state index contributed by atoms with van der Waals surface area (Å²) in [4.78, 5) is 8.48. The van der Waals surface area contributed by atoms with Crippen molar-refractivity contribution in [3.63, 3.8) is 0 Å². The van der Waals surface area contributed by atoms with Crippen LogP contribution in [-0.2, 0) is 0 Å². The number of anilines is 1. The molecule has 1 aliphatic rings. The third kappa shape index (κ3) is 1.31. The number of nitrogens with one attached hydrogen (secondary N) is 1. The Balaban J connectivity index is 2.11. The number of nitrogens with zero attached hydrogens (tertiary/aromatic N) is 2. The average molecular weight is 185 g/mol. The van der Waals surface area contributed by atoms with E-state index >= 15 is 0 Å². The molecule has 1 saturated carbocycles. The van der Waals surface area contributed by atoms with Gasteiger partial charge < -0.3 is 5.32 Å². The Morgan fingerprint density at radius 1 is 1.14 bits per heavy atom. The van der Waals surface area contributed by atoms with E-state index in [1.54, 1.807) is 6.33 Å². The molecule has 3 heteroatoms. The van der Waals surface area contributed by atoms with Crippen LogP contribution in [0.4, 0.5) is 5.82 Å². The van der Waals surface area contributed by atoms with E-state index in [1.165, 1.54) is 12.8 Å². The third-order valence-corrected chi connectivity index (χ3v) is 2.46. The van der Waals surface area contributed by atoms with E-state index in [-0.39, 0.29) is 0 Å². The molecule has 2 aromatic rings. The summed E-state index contributed by atoms with van der Waals surface area (Å²) >= 11 is 0. The third-order valence-electron chi connectivity index (χ3n) is 2.46. The van der Waals surface area contributed by atoms with Crippen LogP contribution in [0.25, 0.3) is 10.9 Å². The highest BCUT2D eigenvalue weighted by Gasteiger charge is 2.21. The van der Waals surface area contributed by atoms with Crippen molar-refractivity contribution in [3.8, 4) is 0 Å². The molecule has 0 radical (unpaired) electrons. The Hall–Kier alpha value is -1.64. The molecule has 70 valence electrons. The molecule has 3 rings (SSSR count). The van der Waals surface area contributed by atoms with Crippen LogP contribution in [0.5, 0.6) is 0 Å². The second-order valence-corrected chi connectivity index (χ2v) is 3.66. The lowest BCUT2D eigenvalue weighted by molar-refractivity contribution is 1.10. The van der Waals surface area contributed by atoms with Crippen LogP contribution in [0.2, 0.25) is 0 Å². The molecule has 0 saturated heterocycles. The number of para-hydroxylation sites is 1. The molecule has 1 fully saturated rings. The van der Waals surface area contributed by atoms with Gasteiger partial charge in [-0.15, -0.1) is 0 Å². The van der Waals surface area contributed by atoms with Crippen molar-refractivity contribution in [3.05, 3.63) is 30.6 Å². The van der Waals surface area contributed by atoms with Crippen molar-refractivity contribution < 1.29 is 0 Å². The van der Waals surface area contributed by atoms with Crippen molar-refractivity contribution >= 4 is 16.7 Å². The van der Waals surface area contributed by atoms with Gasteiger partial charge in [0.15, 0.2) is 0 Å². The molecule has 1 aliphatic carbocycles. The topological polar surface area (TPSA) is 37.8 Å². The lowest BCUT2D eigenvalue weighted by Crippen LogP contribution is -2.03. The van der Waals surface area contributed by atoms with Crippen molar-refractivity contribution in [1.82, 2.24) is 9.97 Å². The smallest absolute Gasteiger partial charge is 0.137 e. The van der Waals surface area contributed by atoms with E-state index in [1.807, 2.05) is 18.2 Å². The molecule has 1 aromatic heterocycles. The number of hydrogen-bond acceptors (Lipinski definition) is 3. The molecule has 0 unspecified atom stereocenters. The molecule has 3 nitrogen and oxygen atoms in total. The maximum atomic E-state index is 4.26. The van der Waals surface area contributed by atoms with Gasteiger partial charge in [-0.3, -0.25) is 0 Å². The van der Waals surface area contributed by atoms with E-state index < -0.39 is 0 Å².